The molecule has 2 aliphatic rings. The second-order valence-corrected chi connectivity index (χ2v) is 9.64. The monoisotopic (exact) mass is 369 g/mol. The first-order chi connectivity index (χ1) is 11.6. The molecule has 1 unspecified atom stereocenters. The smallest absolute Gasteiger partial charge is 0.233 e. The van der Waals surface area contributed by atoms with Crippen molar-refractivity contribution in [2.75, 3.05) is 17.3 Å². The van der Waals surface area contributed by atoms with Gasteiger partial charge in [-0.15, -0.1) is 0 Å². The average molecular weight is 370 g/mol. The maximum absolute atomic E-state index is 12.9. The van der Waals surface area contributed by atoms with Crippen LogP contribution in [0.3, 0.4) is 0 Å². The fourth-order valence-corrected chi connectivity index (χ4v) is 6.00. The highest BCUT2D eigenvalue weighted by atomic mass is 32.2. The molecule has 0 spiro atoms. The highest BCUT2D eigenvalue weighted by molar-refractivity contribution is 7.99. The molecule has 0 radical (unpaired) electrons. The fraction of sp³-hybridized carbons (Fsp3) is 0.688. The van der Waals surface area contributed by atoms with E-state index >= 15 is 0 Å². The van der Waals surface area contributed by atoms with Crippen molar-refractivity contribution in [1.29, 1.82) is 0 Å². The van der Waals surface area contributed by atoms with Crippen LogP contribution < -0.4 is 0 Å². The van der Waals surface area contributed by atoms with E-state index in [2.05, 4.69) is 9.97 Å². The molecule has 1 aromatic heterocycles. The average Bonchev–Trinajstić information content (AvgIpc) is 2.95. The number of hydrogen-bond acceptors (Lipinski definition) is 6. The minimum atomic E-state index is -3.01. The summed E-state index contributed by atoms with van der Waals surface area (Å²) in [5, 5.41) is 0.577. The molecule has 1 aliphatic heterocycles. The molecule has 0 N–H and O–H groups in total. The van der Waals surface area contributed by atoms with Gasteiger partial charge in [-0.3, -0.25) is 4.79 Å². The summed E-state index contributed by atoms with van der Waals surface area (Å²) >= 11 is 1.32. The number of carbonyl (C=O) groups excluding carboxylic acids is 1. The lowest BCUT2D eigenvalue weighted by Gasteiger charge is -2.38. The maximum Gasteiger partial charge on any atom is 0.233 e. The summed E-state index contributed by atoms with van der Waals surface area (Å²) in [6, 6.07) is 1.76. The van der Waals surface area contributed by atoms with E-state index in [0.717, 1.165) is 25.7 Å². The van der Waals surface area contributed by atoms with E-state index in [0.29, 0.717) is 11.6 Å². The molecule has 1 aliphatic carbocycles. The second-order valence-electron chi connectivity index (χ2n) is 6.47. The first-order valence-corrected chi connectivity index (χ1v) is 11.3. The van der Waals surface area contributed by atoms with Crippen molar-refractivity contribution in [3.8, 4) is 0 Å². The van der Waals surface area contributed by atoms with Gasteiger partial charge in [-0.25, -0.2) is 18.4 Å². The lowest BCUT2D eigenvalue weighted by molar-refractivity contribution is -0.133. The summed E-state index contributed by atoms with van der Waals surface area (Å²) in [7, 11) is -3.01. The Morgan fingerprint density at radius 3 is 2.46 bits per heavy atom. The van der Waals surface area contributed by atoms with Gasteiger partial charge in [0.05, 0.1) is 17.3 Å². The molecule has 24 heavy (non-hydrogen) atoms. The Morgan fingerprint density at radius 1 is 1.12 bits per heavy atom. The van der Waals surface area contributed by atoms with E-state index < -0.39 is 9.84 Å². The summed E-state index contributed by atoms with van der Waals surface area (Å²) in [4.78, 5) is 23.0. The number of thioether (sulfide) groups is 1. The van der Waals surface area contributed by atoms with Gasteiger partial charge >= 0.3 is 0 Å². The van der Waals surface area contributed by atoms with Crippen molar-refractivity contribution < 1.29 is 13.2 Å². The molecule has 0 bridgehead atoms. The van der Waals surface area contributed by atoms with Crippen LogP contribution in [0.15, 0.2) is 23.6 Å². The Labute approximate surface area is 147 Å². The largest absolute Gasteiger partial charge is 0.335 e. The van der Waals surface area contributed by atoms with Crippen LogP contribution in [0.5, 0.6) is 0 Å². The van der Waals surface area contributed by atoms with Crippen molar-refractivity contribution in [2.45, 2.75) is 55.8 Å². The second kappa shape index (κ2) is 7.82. The van der Waals surface area contributed by atoms with Crippen molar-refractivity contribution in [3.05, 3.63) is 18.5 Å². The van der Waals surface area contributed by atoms with Gasteiger partial charge in [0.15, 0.2) is 15.0 Å². The summed E-state index contributed by atoms with van der Waals surface area (Å²) in [5.41, 5.74) is 0. The molecule has 0 aromatic carbocycles. The standard InChI is InChI=1S/C16H23N3O3S2/c20-15(11-23-16-17-8-4-9-18-16)19(13-5-2-1-3-6-13)14-7-10-24(21,22)12-14/h4,8-9,13-14H,1-3,5-7,10-12H2. The van der Waals surface area contributed by atoms with Crippen molar-refractivity contribution in [1.82, 2.24) is 14.9 Å². The molecule has 1 saturated heterocycles. The summed E-state index contributed by atoms with van der Waals surface area (Å²) in [6.45, 7) is 0. The van der Waals surface area contributed by atoms with Crippen LogP contribution in [0.4, 0.5) is 0 Å². The van der Waals surface area contributed by atoms with Gasteiger partial charge in [0.1, 0.15) is 0 Å². The third-order valence-corrected chi connectivity index (χ3v) is 7.34. The molecule has 2 fully saturated rings. The molecule has 1 amide bonds. The van der Waals surface area contributed by atoms with Gasteiger partial charge in [-0.2, -0.15) is 0 Å². The predicted molar refractivity (Wildman–Crippen MR) is 93.5 cm³/mol. The number of rotatable bonds is 5. The molecule has 1 aromatic rings. The van der Waals surface area contributed by atoms with Gasteiger partial charge in [0.25, 0.3) is 0 Å². The van der Waals surface area contributed by atoms with Crippen LogP contribution in [-0.4, -0.2) is 58.5 Å². The van der Waals surface area contributed by atoms with E-state index in [1.807, 2.05) is 4.90 Å². The molecule has 132 valence electrons. The van der Waals surface area contributed by atoms with Crippen LogP contribution in [-0.2, 0) is 14.6 Å². The van der Waals surface area contributed by atoms with Crippen LogP contribution in [0.2, 0.25) is 0 Å². The van der Waals surface area contributed by atoms with E-state index in [1.54, 1.807) is 18.5 Å². The fourth-order valence-electron chi connectivity index (χ4n) is 3.62. The minimum Gasteiger partial charge on any atom is -0.335 e. The predicted octanol–water partition coefficient (Wildman–Crippen LogP) is 1.92. The minimum absolute atomic E-state index is 0.0152. The van der Waals surface area contributed by atoms with E-state index in [-0.39, 0.29) is 35.2 Å². The highest BCUT2D eigenvalue weighted by Gasteiger charge is 2.38. The Hall–Kier alpha value is -1.15. The Bertz CT molecular complexity index is 660. The Morgan fingerprint density at radius 2 is 1.83 bits per heavy atom. The lowest BCUT2D eigenvalue weighted by Crippen LogP contribution is -2.49. The van der Waals surface area contributed by atoms with Crippen LogP contribution >= 0.6 is 11.8 Å². The van der Waals surface area contributed by atoms with Crippen molar-refractivity contribution in [2.24, 2.45) is 0 Å². The van der Waals surface area contributed by atoms with E-state index in [1.165, 1.54) is 18.2 Å². The molecule has 2 heterocycles. The summed E-state index contributed by atoms with van der Waals surface area (Å²) in [6.07, 6.45) is 9.27. The third kappa shape index (κ3) is 4.47. The maximum atomic E-state index is 12.9. The third-order valence-electron chi connectivity index (χ3n) is 4.72. The SMILES string of the molecule is O=C(CSc1ncccn1)N(C1CCCCC1)C1CCS(=O)(=O)C1. The number of aromatic nitrogens is 2. The molecule has 8 heteroatoms. The van der Waals surface area contributed by atoms with Gasteiger partial charge < -0.3 is 4.90 Å². The molecule has 3 rings (SSSR count). The lowest BCUT2D eigenvalue weighted by atomic mass is 9.93. The molecular formula is C16H23N3O3S2. The van der Waals surface area contributed by atoms with Gasteiger partial charge in [0.2, 0.25) is 5.91 Å². The van der Waals surface area contributed by atoms with Gasteiger partial charge in [-0.1, -0.05) is 31.0 Å². The van der Waals surface area contributed by atoms with Crippen molar-refractivity contribution >= 4 is 27.5 Å². The van der Waals surface area contributed by atoms with Crippen LogP contribution in [0, 0.1) is 0 Å². The summed E-state index contributed by atoms with van der Waals surface area (Å²) < 4.78 is 23.7. The number of sulfone groups is 1. The van der Waals surface area contributed by atoms with Crippen LogP contribution in [0.25, 0.3) is 0 Å². The van der Waals surface area contributed by atoms with Gasteiger partial charge in [0, 0.05) is 24.5 Å². The number of amides is 1. The molecule has 1 atom stereocenters. The first-order valence-electron chi connectivity index (χ1n) is 8.46. The van der Waals surface area contributed by atoms with E-state index in [9.17, 15) is 13.2 Å². The zero-order chi connectivity index (χ0) is 17.0. The molecular weight excluding hydrogens is 346 g/mol. The molecule has 1 saturated carbocycles. The first kappa shape index (κ1) is 17.7. The van der Waals surface area contributed by atoms with Crippen LogP contribution in [0.1, 0.15) is 38.5 Å². The highest BCUT2D eigenvalue weighted by Crippen LogP contribution is 2.29. The number of hydrogen-bond donors (Lipinski definition) is 0. The Balaban J connectivity index is 1.69. The molecule has 6 nitrogen and oxygen atoms in total. The van der Waals surface area contributed by atoms with E-state index in [4.69, 9.17) is 0 Å². The van der Waals surface area contributed by atoms with Gasteiger partial charge in [-0.05, 0) is 25.3 Å². The summed E-state index contributed by atoms with van der Waals surface area (Å²) in [5.74, 6) is 0.587. The topological polar surface area (TPSA) is 80.2 Å². The quantitative estimate of drug-likeness (QED) is 0.583. The number of nitrogens with zero attached hydrogens (tertiary/aromatic N) is 3. The zero-order valence-corrected chi connectivity index (χ0v) is 15.3. The normalized spacial score (nSPS) is 23.9. The number of carbonyl (C=O) groups is 1. The Kier molecular flexibility index (Phi) is 5.76. The zero-order valence-electron chi connectivity index (χ0n) is 13.6. The van der Waals surface area contributed by atoms with Crippen molar-refractivity contribution in [3.63, 3.8) is 0 Å².